The molecular formula is C20H44Bi2. The Morgan fingerprint density at radius 1 is 0.364 bits per heavy atom. The molecule has 0 spiro atoms. The van der Waals surface area contributed by atoms with Crippen LogP contribution in [0.4, 0.5) is 0 Å². The molecule has 0 aliphatic heterocycles. The van der Waals surface area contributed by atoms with Crippen LogP contribution in [0.2, 0.25) is 16.5 Å². The quantitative estimate of drug-likeness (QED) is 0.271. The summed E-state index contributed by atoms with van der Waals surface area (Å²) in [4.78, 5) is 0. The Morgan fingerprint density at radius 2 is 0.500 bits per heavy atom. The molecule has 0 aromatic rings. The van der Waals surface area contributed by atoms with Gasteiger partial charge in [0, 0.05) is 0 Å². The van der Waals surface area contributed by atoms with Gasteiger partial charge in [-0.05, 0) is 0 Å². The molecular weight excluding hydrogens is 658 g/mol. The number of hydrogen-bond acceptors (Lipinski definition) is 0. The van der Waals surface area contributed by atoms with Gasteiger partial charge in [-0.3, -0.25) is 0 Å². The third kappa shape index (κ3) is 29.7. The molecule has 0 amide bonds. The second-order valence-electron chi connectivity index (χ2n) is 11.3. The second-order valence-corrected chi connectivity index (χ2v) is 19.7. The van der Waals surface area contributed by atoms with Crippen LogP contribution < -0.4 is 0 Å². The van der Waals surface area contributed by atoms with Crippen molar-refractivity contribution in [3.05, 3.63) is 0 Å². The van der Waals surface area contributed by atoms with Crippen LogP contribution in [0.3, 0.4) is 0 Å². The minimum atomic E-state index is -0.147. The third-order valence-electron chi connectivity index (χ3n) is 2.34. The Labute approximate surface area is 166 Å². The standard InChI is InChI=1S/4C5H11.2Bi/c4*1-5(2,3)4;;/h4*1H2,2-4H3;;. The van der Waals surface area contributed by atoms with E-state index in [1.165, 1.54) is 16.5 Å². The first-order valence-corrected chi connectivity index (χ1v) is 18.5. The van der Waals surface area contributed by atoms with E-state index in [1.54, 1.807) is 0 Å². The zero-order valence-electron chi connectivity index (χ0n) is 17.7. The molecule has 0 saturated heterocycles. The molecule has 0 atom stereocenters. The molecule has 0 nitrogen and oxygen atoms in total. The van der Waals surface area contributed by atoms with E-state index in [1.807, 2.05) is 0 Å². The van der Waals surface area contributed by atoms with Crippen LogP contribution in [0.1, 0.15) is 83.1 Å². The first-order valence-electron chi connectivity index (χ1n) is 8.68. The Hall–Kier alpha value is 1.77. The molecule has 0 aromatic carbocycles. The number of rotatable bonds is 4. The molecule has 0 unspecified atom stereocenters. The van der Waals surface area contributed by atoms with Crippen molar-refractivity contribution in [3.63, 3.8) is 0 Å². The van der Waals surface area contributed by atoms with Gasteiger partial charge >= 0.3 is 168 Å². The summed E-state index contributed by atoms with van der Waals surface area (Å²) in [6, 6.07) is 0. The molecule has 0 aliphatic rings. The van der Waals surface area contributed by atoms with Gasteiger partial charge in [-0.1, -0.05) is 0 Å². The SMILES string of the molecule is CC(C)(C)[CH2][Bi][CH2]C(C)(C)C.CC(C)(C)[CH2][Bi][CH2]C(C)(C)C. The first-order chi connectivity index (χ1) is 9.41. The molecule has 22 heavy (non-hydrogen) atoms. The Morgan fingerprint density at radius 3 is 0.591 bits per heavy atom. The number of hydrogen-bond donors (Lipinski definition) is 0. The predicted octanol–water partition coefficient (Wildman–Crippen LogP) is 7.24. The summed E-state index contributed by atoms with van der Waals surface area (Å²) in [5.41, 5.74) is 2.40. The van der Waals surface area contributed by atoms with Gasteiger partial charge in [0.15, 0.2) is 0 Å². The first kappa shape index (κ1) is 26.0. The van der Waals surface area contributed by atoms with Crippen LogP contribution in [0.15, 0.2) is 0 Å². The fraction of sp³-hybridized carbons (Fsp3) is 1.00. The minimum absolute atomic E-state index is 0.147. The van der Waals surface area contributed by atoms with Crippen molar-refractivity contribution in [1.82, 2.24) is 0 Å². The summed E-state index contributed by atoms with van der Waals surface area (Å²) in [6.07, 6.45) is 0. The molecule has 0 N–H and O–H groups in total. The maximum atomic E-state index is 2.36. The summed E-state index contributed by atoms with van der Waals surface area (Å²) in [5, 5.41) is 0. The molecule has 2 heteroatoms. The summed E-state index contributed by atoms with van der Waals surface area (Å²) in [6.45, 7) is 28.3. The van der Waals surface area contributed by atoms with Crippen molar-refractivity contribution in [2.45, 2.75) is 99.6 Å². The molecule has 2 radical (unpaired) electrons. The Bertz CT molecular complexity index is 208. The van der Waals surface area contributed by atoms with Crippen molar-refractivity contribution < 1.29 is 0 Å². The average Bonchev–Trinajstić information content (AvgIpc) is 2.08. The summed E-state index contributed by atoms with van der Waals surface area (Å²) in [5.74, 6) is 0. The second kappa shape index (κ2) is 10.7. The van der Waals surface area contributed by atoms with Crippen LogP contribution in [-0.4, -0.2) is 46.5 Å². The fourth-order valence-electron chi connectivity index (χ4n) is 1.45. The van der Waals surface area contributed by atoms with E-state index in [0.29, 0.717) is 21.7 Å². The van der Waals surface area contributed by atoms with Crippen LogP contribution >= 0.6 is 0 Å². The van der Waals surface area contributed by atoms with Crippen molar-refractivity contribution in [1.29, 1.82) is 0 Å². The molecule has 0 rings (SSSR count). The van der Waals surface area contributed by atoms with E-state index < -0.39 is 0 Å². The van der Waals surface area contributed by atoms with E-state index in [2.05, 4.69) is 83.1 Å². The zero-order valence-corrected chi connectivity index (χ0v) is 24.7. The van der Waals surface area contributed by atoms with Gasteiger partial charge in [-0.15, -0.1) is 0 Å². The van der Waals surface area contributed by atoms with Gasteiger partial charge in [0.25, 0.3) is 0 Å². The Kier molecular flexibility index (Phi) is 12.6. The topological polar surface area (TPSA) is 0 Å². The van der Waals surface area contributed by atoms with Crippen molar-refractivity contribution >= 4 is 46.5 Å². The Balaban J connectivity index is 0. The van der Waals surface area contributed by atoms with E-state index in [4.69, 9.17) is 0 Å². The summed E-state index contributed by atoms with van der Waals surface area (Å²) in [7, 11) is 0. The molecule has 0 fully saturated rings. The van der Waals surface area contributed by atoms with Gasteiger partial charge in [-0.2, -0.15) is 0 Å². The summed E-state index contributed by atoms with van der Waals surface area (Å²) >= 11 is -0.293. The molecule has 0 aromatic heterocycles. The molecule has 0 aliphatic carbocycles. The van der Waals surface area contributed by atoms with Crippen molar-refractivity contribution in [3.8, 4) is 0 Å². The molecule has 134 valence electrons. The van der Waals surface area contributed by atoms with Crippen molar-refractivity contribution in [2.75, 3.05) is 0 Å². The predicted molar refractivity (Wildman–Crippen MR) is 109 cm³/mol. The van der Waals surface area contributed by atoms with Crippen LogP contribution in [0.25, 0.3) is 0 Å². The van der Waals surface area contributed by atoms with Gasteiger partial charge < -0.3 is 0 Å². The van der Waals surface area contributed by atoms with Gasteiger partial charge in [0.2, 0.25) is 0 Å². The molecule has 0 bridgehead atoms. The summed E-state index contributed by atoms with van der Waals surface area (Å²) < 4.78 is 6.13. The monoisotopic (exact) mass is 702 g/mol. The van der Waals surface area contributed by atoms with E-state index in [9.17, 15) is 0 Å². The molecule has 0 saturated carbocycles. The zero-order chi connectivity index (χ0) is 18.2. The van der Waals surface area contributed by atoms with Crippen molar-refractivity contribution in [2.24, 2.45) is 21.7 Å². The van der Waals surface area contributed by atoms with Crippen LogP contribution in [-0.2, 0) is 0 Å². The molecule has 0 heterocycles. The normalized spacial score (nSPS) is 13.6. The van der Waals surface area contributed by atoms with Gasteiger partial charge in [-0.25, -0.2) is 0 Å². The fourth-order valence-corrected chi connectivity index (χ4v) is 12.8. The van der Waals surface area contributed by atoms with E-state index in [-0.39, 0.29) is 46.5 Å². The van der Waals surface area contributed by atoms with Gasteiger partial charge in [0.1, 0.15) is 0 Å². The maximum absolute atomic E-state index is 2.36. The van der Waals surface area contributed by atoms with Crippen LogP contribution in [0.5, 0.6) is 0 Å². The average molecular weight is 703 g/mol. The van der Waals surface area contributed by atoms with Crippen LogP contribution in [0, 0.1) is 21.7 Å². The third-order valence-corrected chi connectivity index (χ3v) is 20.6. The van der Waals surface area contributed by atoms with Gasteiger partial charge in [0.05, 0.1) is 0 Å². The van der Waals surface area contributed by atoms with E-state index in [0.717, 1.165) is 0 Å². The van der Waals surface area contributed by atoms with E-state index >= 15 is 0 Å².